The van der Waals surface area contributed by atoms with Gasteiger partial charge in [0, 0.05) is 5.92 Å². The van der Waals surface area contributed by atoms with Crippen LogP contribution in [0.3, 0.4) is 0 Å². The van der Waals surface area contributed by atoms with Crippen molar-refractivity contribution in [2.75, 3.05) is 11.5 Å². The summed E-state index contributed by atoms with van der Waals surface area (Å²) >= 11 is 0. The van der Waals surface area contributed by atoms with Gasteiger partial charge >= 0.3 is 0 Å². The molecule has 1 rings (SSSR count). The van der Waals surface area contributed by atoms with Gasteiger partial charge in [0.05, 0.1) is 11.9 Å². The molecule has 0 unspecified atom stereocenters. The number of rotatable bonds is 3. The molecule has 72 valence electrons. The van der Waals surface area contributed by atoms with Crippen LogP contribution in [0.25, 0.3) is 0 Å². The van der Waals surface area contributed by atoms with E-state index in [9.17, 15) is 0 Å². The molecular weight excluding hydrogens is 164 g/mol. The number of hydrogen-bond donors (Lipinski definition) is 2. The zero-order chi connectivity index (χ0) is 9.84. The first-order valence-electron chi connectivity index (χ1n) is 4.56. The van der Waals surface area contributed by atoms with Crippen molar-refractivity contribution in [1.82, 2.24) is 9.97 Å². The lowest BCUT2D eigenvalue weighted by Gasteiger charge is -2.11. The van der Waals surface area contributed by atoms with E-state index in [1.807, 2.05) is 0 Å². The maximum atomic E-state index is 5.57. The largest absolute Gasteiger partial charge is 0.381 e. The molecule has 0 amide bonds. The minimum absolute atomic E-state index is 0.315. The third kappa shape index (κ3) is 2.08. The van der Waals surface area contributed by atoms with Crippen molar-refractivity contribution in [3.63, 3.8) is 0 Å². The van der Waals surface area contributed by atoms with Crippen molar-refractivity contribution in [2.45, 2.75) is 32.6 Å². The van der Waals surface area contributed by atoms with Crippen LogP contribution in [0.4, 0.5) is 11.6 Å². The molecule has 0 radical (unpaired) electrons. The molecule has 0 aliphatic carbocycles. The Bertz CT molecular complexity index is 281. The number of nitrogens with zero attached hydrogens (tertiary/aromatic N) is 2. The van der Waals surface area contributed by atoms with E-state index in [2.05, 4.69) is 23.8 Å². The van der Waals surface area contributed by atoms with Crippen LogP contribution in [0.1, 0.15) is 38.3 Å². The molecule has 4 heteroatoms. The van der Waals surface area contributed by atoms with Gasteiger partial charge in [0.15, 0.2) is 11.6 Å². The third-order valence-electron chi connectivity index (χ3n) is 2.25. The van der Waals surface area contributed by atoms with Crippen molar-refractivity contribution >= 4 is 11.6 Å². The lowest BCUT2D eigenvalue weighted by Crippen LogP contribution is -2.06. The molecule has 0 fully saturated rings. The van der Waals surface area contributed by atoms with E-state index in [-0.39, 0.29) is 0 Å². The summed E-state index contributed by atoms with van der Waals surface area (Å²) in [6, 6.07) is 0. The average Bonchev–Trinajstić information content (AvgIpc) is 2.13. The lowest BCUT2D eigenvalue weighted by molar-refractivity contribution is 0.621. The maximum absolute atomic E-state index is 5.57. The highest BCUT2D eigenvalue weighted by Crippen LogP contribution is 2.22. The highest BCUT2D eigenvalue weighted by atomic mass is 15.0. The van der Waals surface area contributed by atoms with E-state index in [1.54, 1.807) is 6.20 Å². The summed E-state index contributed by atoms with van der Waals surface area (Å²) in [5, 5.41) is 0. The predicted molar refractivity (Wildman–Crippen MR) is 54.2 cm³/mol. The number of hydrogen-bond acceptors (Lipinski definition) is 4. The molecular formula is C9H16N4. The predicted octanol–water partition coefficient (Wildman–Crippen LogP) is 1.54. The second kappa shape index (κ2) is 4.07. The number of nitrogens with two attached hydrogens (primary N) is 2. The molecule has 0 atom stereocenters. The fourth-order valence-electron chi connectivity index (χ4n) is 1.33. The Morgan fingerprint density at radius 3 is 2.31 bits per heavy atom. The quantitative estimate of drug-likeness (QED) is 0.739. The molecule has 0 bridgehead atoms. The molecule has 0 aromatic carbocycles. The van der Waals surface area contributed by atoms with Gasteiger partial charge in [-0.2, -0.15) is 0 Å². The monoisotopic (exact) mass is 180 g/mol. The van der Waals surface area contributed by atoms with Gasteiger partial charge in [-0.1, -0.05) is 13.8 Å². The Hall–Kier alpha value is -1.32. The van der Waals surface area contributed by atoms with Crippen molar-refractivity contribution in [2.24, 2.45) is 0 Å². The fourth-order valence-corrected chi connectivity index (χ4v) is 1.33. The van der Waals surface area contributed by atoms with Gasteiger partial charge in [-0.05, 0) is 12.8 Å². The van der Waals surface area contributed by atoms with Gasteiger partial charge < -0.3 is 11.5 Å². The Labute approximate surface area is 78.4 Å². The SMILES string of the molecule is CCC(CC)c1cnc(N)c(N)n1. The van der Waals surface area contributed by atoms with Crippen LogP contribution < -0.4 is 11.5 Å². The van der Waals surface area contributed by atoms with Gasteiger partial charge in [-0.25, -0.2) is 9.97 Å². The number of anilines is 2. The Kier molecular flexibility index (Phi) is 3.06. The maximum Gasteiger partial charge on any atom is 0.166 e. The van der Waals surface area contributed by atoms with Gasteiger partial charge in [0.1, 0.15) is 0 Å². The molecule has 1 aromatic rings. The van der Waals surface area contributed by atoms with Crippen molar-refractivity contribution in [3.8, 4) is 0 Å². The first kappa shape index (κ1) is 9.77. The van der Waals surface area contributed by atoms with E-state index in [4.69, 9.17) is 11.5 Å². The summed E-state index contributed by atoms with van der Waals surface area (Å²) in [4.78, 5) is 8.19. The molecule has 0 spiro atoms. The summed E-state index contributed by atoms with van der Waals surface area (Å²) in [6.45, 7) is 4.25. The summed E-state index contributed by atoms with van der Waals surface area (Å²) in [5.41, 5.74) is 12.0. The number of aromatic nitrogens is 2. The number of nitrogen functional groups attached to an aromatic ring is 2. The van der Waals surface area contributed by atoms with E-state index in [0.29, 0.717) is 17.6 Å². The summed E-state index contributed by atoms with van der Waals surface area (Å²) in [7, 11) is 0. The van der Waals surface area contributed by atoms with Crippen LogP contribution in [-0.4, -0.2) is 9.97 Å². The van der Waals surface area contributed by atoms with Crippen molar-refractivity contribution in [3.05, 3.63) is 11.9 Å². The second-order valence-corrected chi connectivity index (χ2v) is 3.08. The Morgan fingerprint density at radius 2 is 1.85 bits per heavy atom. The van der Waals surface area contributed by atoms with Crippen LogP contribution in [0.5, 0.6) is 0 Å². The topological polar surface area (TPSA) is 77.8 Å². The molecule has 4 nitrogen and oxygen atoms in total. The molecule has 4 N–H and O–H groups in total. The molecule has 0 aliphatic rings. The van der Waals surface area contributed by atoms with E-state index < -0.39 is 0 Å². The van der Waals surface area contributed by atoms with Gasteiger partial charge in [-0.15, -0.1) is 0 Å². The smallest absolute Gasteiger partial charge is 0.166 e. The zero-order valence-electron chi connectivity index (χ0n) is 8.12. The van der Waals surface area contributed by atoms with Crippen molar-refractivity contribution in [1.29, 1.82) is 0 Å². The third-order valence-corrected chi connectivity index (χ3v) is 2.25. The average molecular weight is 180 g/mol. The fraction of sp³-hybridized carbons (Fsp3) is 0.556. The lowest BCUT2D eigenvalue weighted by atomic mass is 10.0. The summed E-state index contributed by atoms with van der Waals surface area (Å²) in [5.74, 6) is 1.09. The molecule has 0 aliphatic heterocycles. The van der Waals surface area contributed by atoms with Crippen LogP contribution in [0, 0.1) is 0 Å². The molecule has 1 heterocycles. The van der Waals surface area contributed by atoms with E-state index >= 15 is 0 Å². The zero-order valence-corrected chi connectivity index (χ0v) is 8.12. The molecule has 1 aromatic heterocycles. The van der Waals surface area contributed by atoms with Crippen LogP contribution in [0.15, 0.2) is 6.20 Å². The van der Waals surface area contributed by atoms with Crippen molar-refractivity contribution < 1.29 is 0 Å². The Morgan fingerprint density at radius 1 is 1.23 bits per heavy atom. The standard InChI is InChI=1S/C9H16N4/c1-3-6(4-2)7-5-12-8(10)9(11)13-7/h5-6H,3-4H2,1-2H3,(H2,10,12)(H2,11,13). The molecule has 0 saturated carbocycles. The Balaban J connectivity index is 2.95. The normalized spacial score (nSPS) is 10.7. The highest BCUT2D eigenvalue weighted by molar-refractivity contribution is 5.51. The van der Waals surface area contributed by atoms with Crippen LogP contribution in [0.2, 0.25) is 0 Å². The van der Waals surface area contributed by atoms with Gasteiger partial charge in [0.2, 0.25) is 0 Å². The van der Waals surface area contributed by atoms with Crippen LogP contribution in [-0.2, 0) is 0 Å². The summed E-state index contributed by atoms with van der Waals surface area (Å²) in [6.07, 6.45) is 3.81. The minimum atomic E-state index is 0.315. The van der Waals surface area contributed by atoms with Gasteiger partial charge in [-0.3, -0.25) is 0 Å². The van der Waals surface area contributed by atoms with Gasteiger partial charge in [0.25, 0.3) is 0 Å². The highest BCUT2D eigenvalue weighted by Gasteiger charge is 2.10. The summed E-state index contributed by atoms with van der Waals surface area (Å²) < 4.78 is 0. The van der Waals surface area contributed by atoms with E-state index in [1.165, 1.54) is 0 Å². The second-order valence-electron chi connectivity index (χ2n) is 3.08. The molecule has 13 heavy (non-hydrogen) atoms. The first-order valence-corrected chi connectivity index (χ1v) is 4.56. The molecule has 0 saturated heterocycles. The minimum Gasteiger partial charge on any atom is -0.381 e. The van der Waals surface area contributed by atoms with E-state index in [0.717, 1.165) is 18.5 Å². The first-order chi connectivity index (χ1) is 6.19. The van der Waals surface area contributed by atoms with Crippen LogP contribution >= 0.6 is 0 Å².